The van der Waals surface area contributed by atoms with Crippen molar-refractivity contribution < 1.29 is 4.79 Å². The Morgan fingerprint density at radius 3 is 2.88 bits per heavy atom. The number of rotatable bonds is 2. The van der Waals surface area contributed by atoms with Crippen molar-refractivity contribution in [1.82, 2.24) is 5.32 Å². The van der Waals surface area contributed by atoms with Gasteiger partial charge in [0.15, 0.2) is 0 Å². The molecule has 0 aromatic heterocycles. The SMILES string of the molecule is Cc1cccc(C(N)=O)c1C1CCCCN1. The maximum atomic E-state index is 11.4. The average Bonchev–Trinajstić information content (AvgIpc) is 2.29. The third-order valence-corrected chi connectivity index (χ3v) is 3.25. The second kappa shape index (κ2) is 4.66. The summed E-state index contributed by atoms with van der Waals surface area (Å²) in [6, 6.07) is 6.04. The Kier molecular flexibility index (Phi) is 3.25. The van der Waals surface area contributed by atoms with E-state index in [9.17, 15) is 4.79 Å². The zero-order valence-electron chi connectivity index (χ0n) is 9.62. The van der Waals surface area contributed by atoms with E-state index in [4.69, 9.17) is 5.73 Å². The first-order chi connectivity index (χ1) is 7.70. The van der Waals surface area contributed by atoms with Crippen LogP contribution in [-0.4, -0.2) is 12.5 Å². The van der Waals surface area contributed by atoms with Gasteiger partial charge in [0, 0.05) is 11.6 Å². The number of carbonyl (C=O) groups excluding carboxylic acids is 1. The van der Waals surface area contributed by atoms with Crippen LogP contribution in [0.5, 0.6) is 0 Å². The highest BCUT2D eigenvalue weighted by atomic mass is 16.1. The number of nitrogens with one attached hydrogen (secondary N) is 1. The van der Waals surface area contributed by atoms with Crippen molar-refractivity contribution in [2.45, 2.75) is 32.2 Å². The molecule has 1 atom stereocenters. The normalized spacial score (nSPS) is 20.7. The molecule has 1 aliphatic rings. The van der Waals surface area contributed by atoms with Crippen LogP contribution < -0.4 is 11.1 Å². The quantitative estimate of drug-likeness (QED) is 0.796. The highest BCUT2D eigenvalue weighted by Gasteiger charge is 2.21. The van der Waals surface area contributed by atoms with E-state index in [0.717, 1.165) is 24.1 Å². The van der Waals surface area contributed by atoms with Crippen LogP contribution in [0.4, 0.5) is 0 Å². The number of piperidine rings is 1. The van der Waals surface area contributed by atoms with Crippen LogP contribution in [0.3, 0.4) is 0 Å². The molecule has 1 aromatic rings. The summed E-state index contributed by atoms with van der Waals surface area (Å²) in [5.74, 6) is -0.328. The van der Waals surface area contributed by atoms with Crippen LogP contribution in [0.25, 0.3) is 0 Å². The monoisotopic (exact) mass is 218 g/mol. The van der Waals surface area contributed by atoms with E-state index in [-0.39, 0.29) is 11.9 Å². The first kappa shape index (κ1) is 11.1. The molecule has 1 aliphatic heterocycles. The number of hydrogen-bond acceptors (Lipinski definition) is 2. The van der Waals surface area contributed by atoms with E-state index in [0.29, 0.717) is 5.56 Å². The first-order valence-corrected chi connectivity index (χ1v) is 5.83. The van der Waals surface area contributed by atoms with Gasteiger partial charge in [0.1, 0.15) is 0 Å². The van der Waals surface area contributed by atoms with Crippen LogP contribution in [0.2, 0.25) is 0 Å². The van der Waals surface area contributed by atoms with Gasteiger partial charge in [-0.1, -0.05) is 18.6 Å². The van der Waals surface area contributed by atoms with Crippen molar-refractivity contribution in [3.8, 4) is 0 Å². The molecule has 1 saturated heterocycles. The number of aryl methyl sites for hydroxylation is 1. The standard InChI is InChI=1S/C13H18N2O/c1-9-5-4-6-10(13(14)16)12(9)11-7-2-3-8-15-11/h4-6,11,15H,2-3,7-8H2,1H3,(H2,14,16). The van der Waals surface area contributed by atoms with Gasteiger partial charge < -0.3 is 11.1 Å². The average molecular weight is 218 g/mol. The molecule has 2 rings (SSSR count). The lowest BCUT2D eigenvalue weighted by Crippen LogP contribution is -2.29. The van der Waals surface area contributed by atoms with Gasteiger partial charge in [0.2, 0.25) is 5.91 Å². The summed E-state index contributed by atoms with van der Waals surface area (Å²) in [4.78, 5) is 11.4. The van der Waals surface area contributed by atoms with Crippen LogP contribution in [-0.2, 0) is 0 Å². The summed E-state index contributed by atoms with van der Waals surface area (Å²) in [6.45, 7) is 3.06. The minimum absolute atomic E-state index is 0.289. The van der Waals surface area contributed by atoms with E-state index in [1.54, 1.807) is 0 Å². The summed E-state index contributed by atoms with van der Waals surface area (Å²) in [6.07, 6.45) is 3.52. The summed E-state index contributed by atoms with van der Waals surface area (Å²) < 4.78 is 0. The molecule has 0 aliphatic carbocycles. The molecule has 1 fully saturated rings. The number of benzene rings is 1. The summed E-state index contributed by atoms with van der Waals surface area (Å²) in [5.41, 5.74) is 8.33. The molecule has 0 spiro atoms. The fraction of sp³-hybridized carbons (Fsp3) is 0.462. The second-order valence-corrected chi connectivity index (χ2v) is 4.40. The van der Waals surface area contributed by atoms with Gasteiger partial charge in [-0.25, -0.2) is 0 Å². The van der Waals surface area contributed by atoms with Crippen LogP contribution in [0.1, 0.15) is 46.8 Å². The Hall–Kier alpha value is -1.35. The molecular formula is C13H18N2O. The highest BCUT2D eigenvalue weighted by molar-refractivity contribution is 5.94. The molecular weight excluding hydrogens is 200 g/mol. The molecule has 1 aromatic carbocycles. The number of hydrogen-bond donors (Lipinski definition) is 2. The first-order valence-electron chi connectivity index (χ1n) is 5.83. The summed E-state index contributed by atoms with van der Waals surface area (Å²) in [7, 11) is 0. The van der Waals surface area contributed by atoms with Crippen molar-refractivity contribution in [2.24, 2.45) is 5.73 Å². The number of nitrogens with two attached hydrogens (primary N) is 1. The molecule has 0 bridgehead atoms. The van der Waals surface area contributed by atoms with E-state index >= 15 is 0 Å². The lowest BCUT2D eigenvalue weighted by atomic mass is 9.90. The Labute approximate surface area is 96.0 Å². The predicted octanol–water partition coefficient (Wildman–Crippen LogP) is 1.91. The number of carbonyl (C=O) groups is 1. The van der Waals surface area contributed by atoms with Crippen molar-refractivity contribution in [3.63, 3.8) is 0 Å². The van der Waals surface area contributed by atoms with Crippen LogP contribution in [0, 0.1) is 6.92 Å². The number of amides is 1. The minimum atomic E-state index is -0.328. The van der Waals surface area contributed by atoms with Gasteiger partial charge in [0.05, 0.1) is 0 Å². The Morgan fingerprint density at radius 2 is 2.25 bits per heavy atom. The molecule has 1 unspecified atom stereocenters. The van der Waals surface area contributed by atoms with Gasteiger partial charge >= 0.3 is 0 Å². The molecule has 3 heteroatoms. The zero-order chi connectivity index (χ0) is 11.5. The van der Waals surface area contributed by atoms with Gasteiger partial charge in [-0.05, 0) is 43.5 Å². The van der Waals surface area contributed by atoms with E-state index in [1.165, 1.54) is 12.8 Å². The topological polar surface area (TPSA) is 55.1 Å². The highest BCUT2D eigenvalue weighted by Crippen LogP contribution is 2.28. The third kappa shape index (κ3) is 2.09. The number of primary amides is 1. The van der Waals surface area contributed by atoms with Crippen molar-refractivity contribution in [1.29, 1.82) is 0 Å². The maximum Gasteiger partial charge on any atom is 0.249 e. The molecule has 16 heavy (non-hydrogen) atoms. The minimum Gasteiger partial charge on any atom is -0.366 e. The Bertz CT molecular complexity index is 395. The van der Waals surface area contributed by atoms with Crippen molar-refractivity contribution in [2.75, 3.05) is 6.54 Å². The molecule has 3 N–H and O–H groups in total. The lowest BCUT2D eigenvalue weighted by Gasteiger charge is -2.26. The van der Waals surface area contributed by atoms with Gasteiger partial charge in [0.25, 0.3) is 0 Å². The molecule has 3 nitrogen and oxygen atoms in total. The zero-order valence-corrected chi connectivity index (χ0v) is 9.62. The summed E-state index contributed by atoms with van der Waals surface area (Å²) >= 11 is 0. The van der Waals surface area contributed by atoms with Gasteiger partial charge in [-0.15, -0.1) is 0 Å². The smallest absolute Gasteiger partial charge is 0.249 e. The largest absolute Gasteiger partial charge is 0.366 e. The molecule has 1 heterocycles. The Morgan fingerprint density at radius 1 is 1.44 bits per heavy atom. The van der Waals surface area contributed by atoms with Gasteiger partial charge in [-0.2, -0.15) is 0 Å². The van der Waals surface area contributed by atoms with Crippen molar-refractivity contribution in [3.05, 3.63) is 34.9 Å². The fourth-order valence-corrected chi connectivity index (χ4v) is 2.46. The third-order valence-electron chi connectivity index (χ3n) is 3.25. The summed E-state index contributed by atoms with van der Waals surface area (Å²) in [5, 5.41) is 3.46. The predicted molar refractivity (Wildman–Crippen MR) is 64.3 cm³/mol. The molecule has 0 saturated carbocycles. The van der Waals surface area contributed by atoms with Gasteiger partial charge in [-0.3, -0.25) is 4.79 Å². The van der Waals surface area contributed by atoms with E-state index < -0.39 is 0 Å². The fourth-order valence-electron chi connectivity index (χ4n) is 2.46. The molecule has 86 valence electrons. The lowest BCUT2D eigenvalue weighted by molar-refractivity contribution is 0.0998. The van der Waals surface area contributed by atoms with Crippen LogP contribution >= 0.6 is 0 Å². The molecule has 1 amide bonds. The van der Waals surface area contributed by atoms with Crippen LogP contribution in [0.15, 0.2) is 18.2 Å². The van der Waals surface area contributed by atoms with E-state index in [2.05, 4.69) is 5.32 Å². The van der Waals surface area contributed by atoms with E-state index in [1.807, 2.05) is 25.1 Å². The second-order valence-electron chi connectivity index (χ2n) is 4.40. The molecule has 0 radical (unpaired) electrons. The Balaban J connectivity index is 2.40. The maximum absolute atomic E-state index is 11.4. The van der Waals surface area contributed by atoms with Crippen molar-refractivity contribution >= 4 is 5.91 Å².